The highest BCUT2D eigenvalue weighted by Crippen LogP contribution is 2.35. The van der Waals surface area contributed by atoms with Crippen molar-refractivity contribution in [2.24, 2.45) is 0 Å². The minimum absolute atomic E-state index is 0.283. The van der Waals surface area contributed by atoms with Gasteiger partial charge in [-0.1, -0.05) is 6.58 Å². The molecule has 2 aromatic rings. The lowest BCUT2D eigenvalue weighted by Crippen LogP contribution is -2.50. The summed E-state index contributed by atoms with van der Waals surface area (Å²) in [7, 11) is 0. The zero-order chi connectivity index (χ0) is 27.4. The molecule has 39 heavy (non-hydrogen) atoms. The fourth-order valence-electron chi connectivity index (χ4n) is 5.69. The minimum Gasteiger partial charge on any atom is -0.508 e. The quantitative estimate of drug-likeness (QED) is 0.365. The van der Waals surface area contributed by atoms with Gasteiger partial charge in [-0.25, -0.2) is 0 Å². The van der Waals surface area contributed by atoms with Crippen LogP contribution >= 0.6 is 0 Å². The van der Waals surface area contributed by atoms with E-state index in [1.807, 2.05) is 24.0 Å². The Morgan fingerprint density at radius 3 is 2.56 bits per heavy atom. The van der Waals surface area contributed by atoms with Crippen LogP contribution in [0, 0.1) is 13.8 Å². The SMILES string of the molecule is C=CC(O)N1CCN(c2nc(OCCCN3CCOCC3)nc3c2CCN(c2cc(O)cc(C)c2C)C3)CC1. The smallest absolute Gasteiger partial charge is 0.318 e. The first-order valence-corrected chi connectivity index (χ1v) is 14.1. The monoisotopic (exact) mass is 538 g/mol. The zero-order valence-corrected chi connectivity index (χ0v) is 23.3. The van der Waals surface area contributed by atoms with Crippen molar-refractivity contribution in [2.75, 3.05) is 82.0 Å². The predicted molar refractivity (Wildman–Crippen MR) is 152 cm³/mol. The Labute approximate surface area is 231 Å². The molecule has 0 spiro atoms. The van der Waals surface area contributed by atoms with Gasteiger partial charge in [-0.3, -0.25) is 9.80 Å². The lowest BCUT2D eigenvalue weighted by atomic mass is 10.0. The van der Waals surface area contributed by atoms with Gasteiger partial charge in [0, 0.05) is 69.7 Å². The maximum atomic E-state index is 10.3. The largest absolute Gasteiger partial charge is 0.508 e. The van der Waals surface area contributed by atoms with Crippen molar-refractivity contribution in [1.29, 1.82) is 0 Å². The molecule has 5 rings (SSSR count). The van der Waals surface area contributed by atoms with Crippen LogP contribution in [0.15, 0.2) is 24.8 Å². The third kappa shape index (κ3) is 6.46. The third-order valence-electron chi connectivity index (χ3n) is 8.14. The molecule has 0 saturated carbocycles. The number of hydrogen-bond acceptors (Lipinski definition) is 10. The fraction of sp³-hybridized carbons (Fsp3) is 0.586. The average molecular weight is 539 g/mol. The van der Waals surface area contributed by atoms with E-state index < -0.39 is 6.23 Å². The standard InChI is InChI=1S/C29H42N6O4/c1-4-27(37)33-9-11-34(12-10-33)28-24-6-8-35(26-19-23(36)18-21(2)22(26)3)20-25(24)30-29(31-28)39-15-5-7-32-13-16-38-17-14-32/h4,18-19,27,36-37H,1,5-17,20H2,2-3H3. The minimum atomic E-state index is -0.626. The lowest BCUT2D eigenvalue weighted by Gasteiger charge is -2.39. The summed E-state index contributed by atoms with van der Waals surface area (Å²) in [6, 6.07) is 4.08. The number of ether oxygens (including phenoxy) is 2. The molecule has 10 heteroatoms. The molecule has 212 valence electrons. The van der Waals surface area contributed by atoms with Crippen molar-refractivity contribution in [1.82, 2.24) is 19.8 Å². The van der Waals surface area contributed by atoms with E-state index >= 15 is 0 Å². The molecule has 4 heterocycles. The number of aliphatic hydroxyl groups excluding tert-OH is 1. The van der Waals surface area contributed by atoms with Crippen molar-refractivity contribution in [2.45, 2.75) is 39.5 Å². The molecule has 2 N–H and O–H groups in total. The Balaban J connectivity index is 1.35. The number of phenolic OH excluding ortho intramolecular Hbond substituents is 1. The van der Waals surface area contributed by atoms with E-state index in [-0.39, 0.29) is 5.75 Å². The van der Waals surface area contributed by atoms with Crippen molar-refractivity contribution >= 4 is 11.5 Å². The summed E-state index contributed by atoms with van der Waals surface area (Å²) in [6.45, 7) is 17.4. The van der Waals surface area contributed by atoms with E-state index in [9.17, 15) is 10.2 Å². The van der Waals surface area contributed by atoms with Crippen LogP contribution in [0.4, 0.5) is 11.5 Å². The molecule has 0 amide bonds. The molecule has 1 aromatic carbocycles. The second-order valence-electron chi connectivity index (χ2n) is 10.7. The summed E-state index contributed by atoms with van der Waals surface area (Å²) >= 11 is 0. The normalized spacial score (nSPS) is 19.6. The van der Waals surface area contributed by atoms with Crippen molar-refractivity contribution in [3.8, 4) is 11.8 Å². The summed E-state index contributed by atoms with van der Waals surface area (Å²) in [6.07, 6.45) is 2.66. The molecule has 1 unspecified atom stereocenters. The van der Waals surface area contributed by atoms with Gasteiger partial charge in [0.2, 0.25) is 0 Å². The van der Waals surface area contributed by atoms with Crippen LogP contribution in [-0.2, 0) is 17.7 Å². The third-order valence-corrected chi connectivity index (χ3v) is 8.14. The summed E-state index contributed by atoms with van der Waals surface area (Å²) < 4.78 is 11.6. The lowest BCUT2D eigenvalue weighted by molar-refractivity contribution is 0.0356. The number of benzene rings is 1. The van der Waals surface area contributed by atoms with Gasteiger partial charge in [-0.05, 0) is 50.0 Å². The number of piperazine rings is 1. The molecule has 1 aromatic heterocycles. The van der Waals surface area contributed by atoms with E-state index in [0.717, 1.165) is 101 Å². The first-order valence-electron chi connectivity index (χ1n) is 14.1. The number of phenols is 1. The molecule has 1 atom stereocenters. The predicted octanol–water partition coefficient (Wildman–Crippen LogP) is 2.09. The van der Waals surface area contributed by atoms with Crippen molar-refractivity contribution in [3.63, 3.8) is 0 Å². The van der Waals surface area contributed by atoms with Gasteiger partial charge in [0.15, 0.2) is 0 Å². The first-order chi connectivity index (χ1) is 18.9. The van der Waals surface area contributed by atoms with Crippen LogP contribution in [0.2, 0.25) is 0 Å². The van der Waals surface area contributed by atoms with Crippen molar-refractivity contribution < 1.29 is 19.7 Å². The van der Waals surface area contributed by atoms with E-state index in [0.29, 0.717) is 19.2 Å². The van der Waals surface area contributed by atoms with Gasteiger partial charge in [0.25, 0.3) is 0 Å². The van der Waals surface area contributed by atoms with Crippen LogP contribution in [0.5, 0.6) is 11.8 Å². The van der Waals surface area contributed by atoms with Crippen LogP contribution in [0.25, 0.3) is 0 Å². The summed E-state index contributed by atoms with van der Waals surface area (Å²) in [4.78, 5) is 18.8. The van der Waals surface area contributed by atoms with E-state index in [4.69, 9.17) is 19.4 Å². The number of nitrogens with zero attached hydrogens (tertiary/aromatic N) is 6. The molecule has 0 radical (unpaired) electrons. The summed E-state index contributed by atoms with van der Waals surface area (Å²) in [5.41, 5.74) is 5.42. The highest BCUT2D eigenvalue weighted by atomic mass is 16.5. The summed E-state index contributed by atoms with van der Waals surface area (Å²) in [5, 5.41) is 20.5. The maximum absolute atomic E-state index is 10.3. The van der Waals surface area contributed by atoms with Crippen LogP contribution in [0.1, 0.15) is 28.8 Å². The molecule has 0 bridgehead atoms. The second-order valence-corrected chi connectivity index (χ2v) is 10.7. The van der Waals surface area contributed by atoms with Gasteiger partial charge >= 0.3 is 6.01 Å². The number of morpholine rings is 1. The highest BCUT2D eigenvalue weighted by molar-refractivity contribution is 5.62. The molecule has 2 saturated heterocycles. The van der Waals surface area contributed by atoms with Gasteiger partial charge in [-0.15, -0.1) is 0 Å². The highest BCUT2D eigenvalue weighted by Gasteiger charge is 2.29. The maximum Gasteiger partial charge on any atom is 0.318 e. The fourth-order valence-corrected chi connectivity index (χ4v) is 5.69. The Kier molecular flexibility index (Phi) is 8.86. The second kappa shape index (κ2) is 12.5. The molecular formula is C29H42N6O4. The molecule has 3 aliphatic rings. The number of aryl methyl sites for hydroxylation is 1. The Bertz CT molecular complexity index is 1150. The molecule has 0 aliphatic carbocycles. The van der Waals surface area contributed by atoms with Gasteiger partial charge in [0.05, 0.1) is 32.1 Å². The number of rotatable bonds is 9. The van der Waals surface area contributed by atoms with E-state index in [1.54, 1.807) is 6.08 Å². The van der Waals surface area contributed by atoms with Gasteiger partial charge < -0.3 is 29.5 Å². The Morgan fingerprint density at radius 1 is 1.05 bits per heavy atom. The molecule has 10 nitrogen and oxygen atoms in total. The molecule has 3 aliphatic heterocycles. The first kappa shape index (κ1) is 27.6. The van der Waals surface area contributed by atoms with E-state index in [1.165, 1.54) is 11.1 Å². The Morgan fingerprint density at radius 2 is 1.82 bits per heavy atom. The number of aliphatic hydroxyl groups is 1. The van der Waals surface area contributed by atoms with Crippen LogP contribution in [-0.4, -0.2) is 108 Å². The molecule has 2 fully saturated rings. The average Bonchev–Trinajstić information content (AvgIpc) is 2.96. The topological polar surface area (TPSA) is 97.7 Å². The zero-order valence-electron chi connectivity index (χ0n) is 23.3. The Hall–Kier alpha value is -2.92. The number of anilines is 2. The van der Waals surface area contributed by atoms with Crippen LogP contribution < -0.4 is 14.5 Å². The summed E-state index contributed by atoms with van der Waals surface area (Å²) in [5.74, 6) is 1.23. The molecular weight excluding hydrogens is 496 g/mol. The number of aromatic nitrogens is 2. The van der Waals surface area contributed by atoms with Crippen molar-refractivity contribution in [3.05, 3.63) is 47.2 Å². The number of hydrogen-bond donors (Lipinski definition) is 2. The van der Waals surface area contributed by atoms with E-state index in [2.05, 4.69) is 28.2 Å². The van der Waals surface area contributed by atoms with Gasteiger partial charge in [-0.2, -0.15) is 9.97 Å². The number of fused-ring (bicyclic) bond motifs is 1. The van der Waals surface area contributed by atoms with Gasteiger partial charge in [0.1, 0.15) is 17.8 Å². The van der Waals surface area contributed by atoms with Crippen LogP contribution in [0.3, 0.4) is 0 Å². The number of aromatic hydroxyl groups is 1.